The Balaban J connectivity index is 1.95. The van der Waals surface area contributed by atoms with Gasteiger partial charge in [-0.15, -0.1) is 0 Å². The summed E-state index contributed by atoms with van der Waals surface area (Å²) in [4.78, 5) is 11.7. The van der Waals surface area contributed by atoms with Gasteiger partial charge in [0.15, 0.2) is 0 Å². The molecule has 1 N–H and O–H groups in total. The largest absolute Gasteiger partial charge is 0.461 e. The summed E-state index contributed by atoms with van der Waals surface area (Å²) in [6.45, 7) is 4.00. The predicted molar refractivity (Wildman–Crippen MR) is 80.3 cm³/mol. The number of aryl methyl sites for hydroxylation is 1. The summed E-state index contributed by atoms with van der Waals surface area (Å²) in [5.41, 5.74) is 0.438. The molecular weight excluding hydrogens is 269 g/mol. The molecule has 1 amide bonds. The first-order valence-electron chi connectivity index (χ1n) is 7.23. The zero-order valence-electron chi connectivity index (χ0n) is 12.4. The molecule has 1 heterocycles. The number of rotatable bonds is 6. The van der Waals surface area contributed by atoms with Crippen LogP contribution in [0.5, 0.6) is 0 Å². The molecule has 0 fully saturated rings. The van der Waals surface area contributed by atoms with Gasteiger partial charge < -0.3 is 9.73 Å². The van der Waals surface area contributed by atoms with Crippen LogP contribution < -0.4 is 5.32 Å². The average Bonchev–Trinajstić information content (AvgIpc) is 2.94. The van der Waals surface area contributed by atoms with Crippen molar-refractivity contribution in [2.45, 2.75) is 39.2 Å². The van der Waals surface area contributed by atoms with E-state index >= 15 is 0 Å². The van der Waals surface area contributed by atoms with E-state index in [0.29, 0.717) is 29.9 Å². The van der Waals surface area contributed by atoms with Gasteiger partial charge in [0.1, 0.15) is 17.3 Å². The highest BCUT2D eigenvalue weighted by Gasteiger charge is 2.11. The Hall–Kier alpha value is -2.10. The van der Waals surface area contributed by atoms with Gasteiger partial charge in [0.2, 0.25) is 5.91 Å². The highest BCUT2D eigenvalue weighted by atomic mass is 19.1. The van der Waals surface area contributed by atoms with E-state index in [1.54, 1.807) is 30.3 Å². The maximum Gasteiger partial charge on any atom is 0.220 e. The lowest BCUT2D eigenvalue weighted by Crippen LogP contribution is -2.31. The Morgan fingerprint density at radius 2 is 2.05 bits per heavy atom. The summed E-state index contributed by atoms with van der Waals surface area (Å²) in [6, 6.07) is 10.2. The minimum Gasteiger partial charge on any atom is -0.461 e. The summed E-state index contributed by atoms with van der Waals surface area (Å²) < 4.78 is 19.3. The third-order valence-corrected chi connectivity index (χ3v) is 3.42. The van der Waals surface area contributed by atoms with E-state index in [4.69, 9.17) is 4.42 Å². The molecule has 1 unspecified atom stereocenters. The second-order valence-corrected chi connectivity index (χ2v) is 5.12. The number of nitrogens with one attached hydrogen (secondary N) is 1. The van der Waals surface area contributed by atoms with Crippen molar-refractivity contribution in [2.75, 3.05) is 0 Å². The van der Waals surface area contributed by atoms with Gasteiger partial charge in [0, 0.05) is 18.9 Å². The minimum absolute atomic E-state index is 0.00758. The molecule has 0 bridgehead atoms. The SMILES string of the molecule is CCC(C)NC(=O)CCc1ccc(-c2ccccc2F)o1. The molecule has 2 aromatic rings. The standard InChI is InChI=1S/C17H20FNO2/c1-3-12(2)19-17(20)11-9-13-8-10-16(21-13)14-6-4-5-7-15(14)18/h4-8,10,12H,3,9,11H2,1-2H3,(H,19,20). The third-order valence-electron chi connectivity index (χ3n) is 3.42. The normalized spacial score (nSPS) is 12.1. The molecule has 0 saturated heterocycles. The first-order valence-corrected chi connectivity index (χ1v) is 7.23. The predicted octanol–water partition coefficient (Wildman–Crippen LogP) is 3.93. The van der Waals surface area contributed by atoms with Crippen molar-refractivity contribution in [1.82, 2.24) is 5.32 Å². The molecule has 1 aromatic heterocycles. The van der Waals surface area contributed by atoms with Gasteiger partial charge >= 0.3 is 0 Å². The van der Waals surface area contributed by atoms with E-state index < -0.39 is 0 Å². The van der Waals surface area contributed by atoms with Crippen LogP contribution in [0.2, 0.25) is 0 Å². The van der Waals surface area contributed by atoms with Crippen LogP contribution in [0.4, 0.5) is 4.39 Å². The van der Waals surface area contributed by atoms with E-state index in [9.17, 15) is 9.18 Å². The molecule has 1 aromatic carbocycles. The number of benzene rings is 1. The van der Waals surface area contributed by atoms with Crippen LogP contribution in [0.3, 0.4) is 0 Å². The second kappa shape index (κ2) is 7.07. The Kier molecular flexibility index (Phi) is 5.14. The summed E-state index contributed by atoms with van der Waals surface area (Å²) in [6.07, 6.45) is 1.79. The van der Waals surface area contributed by atoms with Crippen LogP contribution in [-0.4, -0.2) is 11.9 Å². The second-order valence-electron chi connectivity index (χ2n) is 5.12. The summed E-state index contributed by atoms with van der Waals surface area (Å²) in [5, 5.41) is 2.91. The van der Waals surface area contributed by atoms with E-state index in [0.717, 1.165) is 6.42 Å². The molecule has 0 aliphatic carbocycles. The van der Waals surface area contributed by atoms with E-state index in [1.807, 2.05) is 13.8 Å². The molecule has 1 atom stereocenters. The van der Waals surface area contributed by atoms with Gasteiger partial charge in [-0.05, 0) is 37.6 Å². The molecule has 0 spiro atoms. The topological polar surface area (TPSA) is 42.2 Å². The van der Waals surface area contributed by atoms with Crippen LogP contribution in [0.1, 0.15) is 32.4 Å². The van der Waals surface area contributed by atoms with Crippen LogP contribution in [0, 0.1) is 5.82 Å². The van der Waals surface area contributed by atoms with Crippen molar-refractivity contribution < 1.29 is 13.6 Å². The Morgan fingerprint density at radius 1 is 1.29 bits per heavy atom. The molecule has 112 valence electrons. The molecule has 0 saturated carbocycles. The lowest BCUT2D eigenvalue weighted by Gasteiger charge is -2.10. The van der Waals surface area contributed by atoms with Crippen molar-refractivity contribution in [3.05, 3.63) is 48.0 Å². The Bertz CT molecular complexity index is 606. The van der Waals surface area contributed by atoms with Crippen molar-refractivity contribution in [2.24, 2.45) is 0 Å². The van der Waals surface area contributed by atoms with Crippen molar-refractivity contribution in [1.29, 1.82) is 0 Å². The molecule has 21 heavy (non-hydrogen) atoms. The number of hydrogen-bond acceptors (Lipinski definition) is 2. The van der Waals surface area contributed by atoms with E-state index in [2.05, 4.69) is 5.32 Å². The molecule has 4 heteroatoms. The van der Waals surface area contributed by atoms with E-state index in [1.165, 1.54) is 6.07 Å². The highest BCUT2D eigenvalue weighted by Crippen LogP contribution is 2.25. The van der Waals surface area contributed by atoms with Gasteiger partial charge in [0.05, 0.1) is 5.56 Å². The highest BCUT2D eigenvalue weighted by molar-refractivity contribution is 5.76. The van der Waals surface area contributed by atoms with Crippen molar-refractivity contribution >= 4 is 5.91 Å². The maximum atomic E-state index is 13.7. The minimum atomic E-state index is -0.312. The zero-order valence-corrected chi connectivity index (χ0v) is 12.4. The average molecular weight is 289 g/mol. The zero-order chi connectivity index (χ0) is 15.2. The van der Waals surface area contributed by atoms with Crippen LogP contribution in [-0.2, 0) is 11.2 Å². The van der Waals surface area contributed by atoms with Crippen LogP contribution in [0.15, 0.2) is 40.8 Å². The number of furan rings is 1. The fourth-order valence-corrected chi connectivity index (χ4v) is 2.00. The molecular formula is C17H20FNO2. The van der Waals surface area contributed by atoms with E-state index in [-0.39, 0.29) is 17.8 Å². The number of halogens is 1. The lowest BCUT2D eigenvalue weighted by molar-refractivity contribution is -0.121. The number of carbonyl (C=O) groups is 1. The molecule has 2 rings (SSSR count). The molecule has 0 aliphatic heterocycles. The van der Waals surface area contributed by atoms with Gasteiger partial charge in [-0.1, -0.05) is 19.1 Å². The van der Waals surface area contributed by atoms with Crippen molar-refractivity contribution in [3.63, 3.8) is 0 Å². The van der Waals surface area contributed by atoms with Crippen LogP contribution in [0.25, 0.3) is 11.3 Å². The van der Waals surface area contributed by atoms with Gasteiger partial charge in [-0.3, -0.25) is 4.79 Å². The number of hydrogen-bond donors (Lipinski definition) is 1. The third kappa shape index (κ3) is 4.18. The fraction of sp³-hybridized carbons (Fsp3) is 0.353. The monoisotopic (exact) mass is 289 g/mol. The fourth-order valence-electron chi connectivity index (χ4n) is 2.00. The van der Waals surface area contributed by atoms with Gasteiger partial charge in [-0.2, -0.15) is 0 Å². The smallest absolute Gasteiger partial charge is 0.220 e. The quantitative estimate of drug-likeness (QED) is 0.875. The first-order chi connectivity index (χ1) is 10.1. The summed E-state index contributed by atoms with van der Waals surface area (Å²) in [7, 11) is 0. The van der Waals surface area contributed by atoms with Crippen molar-refractivity contribution in [3.8, 4) is 11.3 Å². The summed E-state index contributed by atoms with van der Waals surface area (Å²) >= 11 is 0. The lowest BCUT2D eigenvalue weighted by atomic mass is 10.1. The molecule has 0 radical (unpaired) electrons. The molecule has 0 aliphatic rings. The maximum absolute atomic E-state index is 13.7. The Labute approximate surface area is 124 Å². The van der Waals surface area contributed by atoms with Crippen LogP contribution >= 0.6 is 0 Å². The number of carbonyl (C=O) groups excluding carboxylic acids is 1. The van der Waals surface area contributed by atoms with Gasteiger partial charge in [0.25, 0.3) is 0 Å². The number of amides is 1. The molecule has 3 nitrogen and oxygen atoms in total. The Morgan fingerprint density at radius 3 is 2.76 bits per heavy atom. The van der Waals surface area contributed by atoms with Gasteiger partial charge in [-0.25, -0.2) is 4.39 Å². The first kappa shape index (κ1) is 15.3. The summed E-state index contributed by atoms with van der Waals surface area (Å²) in [5.74, 6) is 0.874.